The topological polar surface area (TPSA) is 7.76 Å². The molecule has 0 spiro atoms. The van der Waals surface area contributed by atoms with Crippen molar-refractivity contribution in [2.24, 2.45) is 0 Å². The van der Waals surface area contributed by atoms with E-state index in [4.69, 9.17) is 0 Å². The van der Waals surface area contributed by atoms with Crippen LogP contribution in [0.3, 0.4) is 0 Å². The Kier molecular flexibility index (Phi) is 16.2. The summed E-state index contributed by atoms with van der Waals surface area (Å²) in [6.07, 6.45) is 19.3. The summed E-state index contributed by atoms with van der Waals surface area (Å²) in [4.78, 5) is 0. The Morgan fingerprint density at radius 1 is 0.425 bits per heavy atom. The Bertz CT molecular complexity index is 958. The molecule has 0 fully saturated rings. The first kappa shape index (κ1) is 35.1. The lowest BCUT2D eigenvalue weighted by Crippen LogP contribution is -2.32. The third-order valence-corrected chi connectivity index (χ3v) is 5.87. The van der Waals surface area contributed by atoms with Gasteiger partial charge in [-0.3, -0.25) is 0 Å². The number of unbranched alkanes of at least 4 members (excludes halogenated alkanes) is 6. The largest absolute Gasteiger partial charge is 0.673 e. The normalized spacial score (nSPS) is 11.2. The van der Waals surface area contributed by atoms with Crippen molar-refractivity contribution in [1.29, 1.82) is 0 Å². The first-order valence-corrected chi connectivity index (χ1v) is 13.6. The van der Waals surface area contributed by atoms with Gasteiger partial charge in [0, 0.05) is 37.1 Å². The molecule has 0 saturated carbocycles. The first-order chi connectivity index (χ1) is 18.8. The van der Waals surface area contributed by atoms with Crippen molar-refractivity contribution >= 4 is 14.5 Å². The van der Waals surface area contributed by atoms with Crippen molar-refractivity contribution in [2.45, 2.75) is 78.3 Å². The van der Waals surface area contributed by atoms with Gasteiger partial charge < -0.3 is 34.5 Å². The van der Waals surface area contributed by atoms with Crippen LogP contribution in [0.4, 0.5) is 34.5 Å². The lowest BCUT2D eigenvalue weighted by atomic mass is 10.0. The van der Waals surface area contributed by atoms with E-state index >= 15 is 0 Å². The van der Waals surface area contributed by atoms with E-state index in [1.54, 1.807) is 0 Å². The monoisotopic (exact) mass is 576 g/mol. The zero-order valence-electron chi connectivity index (χ0n) is 23.1. The van der Waals surface area contributed by atoms with Crippen LogP contribution in [0.25, 0.3) is 22.3 Å². The van der Waals surface area contributed by atoms with Crippen LogP contribution in [-0.4, -0.2) is 14.5 Å². The summed E-state index contributed by atoms with van der Waals surface area (Å²) in [5, 5.41) is 0. The number of hydrogen-bond donors (Lipinski definition) is 0. The van der Waals surface area contributed by atoms with E-state index in [0.717, 1.165) is 13.1 Å². The molecule has 0 atom stereocenters. The minimum Gasteiger partial charge on any atom is -0.418 e. The standard InChI is InChI=1S/C28H38N2.2BF4/c1-3-5-7-9-19-29-21-15-27(16-22-29)25-11-13-26(14-12-25)28-17-23-30(24-18-28)20-10-8-6-4-2;2*2-1(3,4)5/h11-18,21-24H,3-10,19-20H2,1-2H3;;/q+2;2*-1. The summed E-state index contributed by atoms with van der Waals surface area (Å²) in [7, 11) is -12.0. The summed E-state index contributed by atoms with van der Waals surface area (Å²) < 4.78 is 82.6. The number of benzene rings is 1. The molecule has 0 aliphatic rings. The molecule has 2 aromatic heterocycles. The second-order valence-corrected chi connectivity index (χ2v) is 9.34. The van der Waals surface area contributed by atoms with E-state index in [1.807, 2.05) is 0 Å². The zero-order chi connectivity index (χ0) is 30.0. The highest BCUT2D eigenvalue weighted by Crippen LogP contribution is 2.23. The highest BCUT2D eigenvalue weighted by molar-refractivity contribution is 6.50. The summed E-state index contributed by atoms with van der Waals surface area (Å²) in [5.74, 6) is 0. The third-order valence-electron chi connectivity index (χ3n) is 5.87. The van der Waals surface area contributed by atoms with Crippen LogP contribution in [0.1, 0.15) is 65.2 Å². The molecule has 222 valence electrons. The van der Waals surface area contributed by atoms with E-state index in [1.165, 1.54) is 73.6 Å². The summed E-state index contributed by atoms with van der Waals surface area (Å²) >= 11 is 0. The van der Waals surface area contributed by atoms with Crippen LogP contribution in [0.2, 0.25) is 0 Å². The first-order valence-electron chi connectivity index (χ1n) is 13.6. The number of halogens is 8. The van der Waals surface area contributed by atoms with E-state index in [2.05, 4.69) is 96.3 Å². The molecule has 0 amide bonds. The van der Waals surface area contributed by atoms with Gasteiger partial charge in [-0.2, -0.15) is 0 Å². The Morgan fingerprint density at radius 2 is 0.675 bits per heavy atom. The fourth-order valence-corrected chi connectivity index (χ4v) is 3.90. The molecule has 40 heavy (non-hydrogen) atoms. The highest BCUT2D eigenvalue weighted by Gasteiger charge is 2.21. The fraction of sp³-hybridized carbons (Fsp3) is 0.429. The molecular weight excluding hydrogens is 538 g/mol. The van der Waals surface area contributed by atoms with Gasteiger partial charge in [-0.25, -0.2) is 9.13 Å². The van der Waals surface area contributed by atoms with Crippen molar-refractivity contribution in [3.8, 4) is 22.3 Å². The molecule has 0 aliphatic heterocycles. The Morgan fingerprint density at radius 3 is 0.925 bits per heavy atom. The van der Waals surface area contributed by atoms with Gasteiger partial charge in [0.25, 0.3) is 0 Å². The van der Waals surface area contributed by atoms with Crippen molar-refractivity contribution in [1.82, 2.24) is 0 Å². The molecule has 0 saturated heterocycles. The maximum absolute atomic E-state index is 9.75. The number of rotatable bonds is 12. The van der Waals surface area contributed by atoms with Crippen LogP contribution >= 0.6 is 0 Å². The maximum atomic E-state index is 9.75. The zero-order valence-corrected chi connectivity index (χ0v) is 23.1. The molecule has 0 radical (unpaired) electrons. The second-order valence-electron chi connectivity index (χ2n) is 9.34. The van der Waals surface area contributed by atoms with Crippen LogP contribution in [-0.2, 0) is 13.1 Å². The van der Waals surface area contributed by atoms with Gasteiger partial charge in [-0.05, 0) is 35.1 Å². The van der Waals surface area contributed by atoms with E-state index in [9.17, 15) is 34.5 Å². The predicted octanol–water partition coefficient (Wildman–Crippen LogP) is 9.36. The Labute approximate surface area is 232 Å². The van der Waals surface area contributed by atoms with Gasteiger partial charge in [0.2, 0.25) is 0 Å². The number of aryl methyl sites for hydroxylation is 2. The van der Waals surface area contributed by atoms with Crippen molar-refractivity contribution in [3.63, 3.8) is 0 Å². The summed E-state index contributed by atoms with van der Waals surface area (Å²) in [5.41, 5.74) is 5.12. The van der Waals surface area contributed by atoms with Crippen molar-refractivity contribution in [2.75, 3.05) is 0 Å². The molecule has 3 rings (SSSR count). The van der Waals surface area contributed by atoms with Crippen molar-refractivity contribution < 1.29 is 43.7 Å². The average molecular weight is 576 g/mol. The van der Waals surface area contributed by atoms with Crippen LogP contribution in [0.5, 0.6) is 0 Å². The second kappa shape index (κ2) is 18.4. The number of hydrogen-bond acceptors (Lipinski definition) is 0. The Hall–Kier alpha value is -2.91. The van der Waals surface area contributed by atoms with E-state index in [-0.39, 0.29) is 0 Å². The molecule has 0 unspecified atom stereocenters. The van der Waals surface area contributed by atoms with Gasteiger partial charge in [0.1, 0.15) is 13.1 Å². The lowest BCUT2D eigenvalue weighted by Gasteiger charge is -2.05. The van der Waals surface area contributed by atoms with Gasteiger partial charge in [-0.1, -0.05) is 63.8 Å². The number of pyridine rings is 2. The average Bonchev–Trinajstić information content (AvgIpc) is 2.88. The van der Waals surface area contributed by atoms with Crippen LogP contribution in [0, 0.1) is 0 Å². The van der Waals surface area contributed by atoms with Gasteiger partial charge in [-0.15, -0.1) is 0 Å². The molecule has 0 bridgehead atoms. The van der Waals surface area contributed by atoms with Gasteiger partial charge >= 0.3 is 14.5 Å². The predicted molar refractivity (Wildman–Crippen MR) is 146 cm³/mol. The molecule has 3 aromatic rings. The summed E-state index contributed by atoms with van der Waals surface area (Å²) in [6.45, 7) is 6.76. The molecule has 1 aromatic carbocycles. The maximum Gasteiger partial charge on any atom is 0.673 e. The lowest BCUT2D eigenvalue weighted by molar-refractivity contribution is -0.697. The molecule has 2 heterocycles. The molecule has 0 aliphatic carbocycles. The summed E-state index contributed by atoms with van der Waals surface area (Å²) in [6, 6.07) is 17.9. The SMILES string of the molecule is CCCCCC[n+]1ccc(-c2ccc(-c3cc[n+](CCCCCC)cc3)cc2)cc1.F[B-](F)(F)F.F[B-](F)(F)F. The minimum atomic E-state index is -6.00. The molecule has 0 N–H and O–H groups in total. The smallest absolute Gasteiger partial charge is 0.418 e. The van der Waals surface area contributed by atoms with Crippen LogP contribution in [0.15, 0.2) is 73.3 Å². The Balaban J connectivity index is 0.000000686. The fourth-order valence-electron chi connectivity index (χ4n) is 3.90. The molecule has 2 nitrogen and oxygen atoms in total. The van der Waals surface area contributed by atoms with Gasteiger partial charge in [0.15, 0.2) is 24.8 Å². The van der Waals surface area contributed by atoms with Gasteiger partial charge in [0.05, 0.1) is 0 Å². The molecular formula is C28H38B2F8N2. The quantitative estimate of drug-likeness (QED) is 0.0879. The number of nitrogens with zero attached hydrogens (tertiary/aromatic N) is 2. The van der Waals surface area contributed by atoms with Crippen LogP contribution < -0.4 is 9.13 Å². The van der Waals surface area contributed by atoms with Crippen molar-refractivity contribution in [3.05, 3.63) is 73.3 Å². The molecule has 12 heteroatoms. The third kappa shape index (κ3) is 18.4. The highest BCUT2D eigenvalue weighted by atomic mass is 19.5. The van der Waals surface area contributed by atoms with E-state index < -0.39 is 14.5 Å². The number of aromatic nitrogens is 2. The minimum absolute atomic E-state index is 1.12. The van der Waals surface area contributed by atoms with E-state index in [0.29, 0.717) is 0 Å².